The van der Waals surface area contributed by atoms with Crippen LogP contribution in [0.4, 0.5) is 0 Å². The van der Waals surface area contributed by atoms with Crippen molar-refractivity contribution in [2.45, 2.75) is 33.2 Å². The number of aromatic nitrogens is 1. The molecular weight excluding hydrogens is 250 g/mol. The lowest BCUT2D eigenvalue weighted by atomic mass is 10.1. The van der Waals surface area contributed by atoms with Crippen molar-refractivity contribution in [3.63, 3.8) is 0 Å². The van der Waals surface area contributed by atoms with Gasteiger partial charge in [0.15, 0.2) is 0 Å². The van der Waals surface area contributed by atoms with Crippen LogP contribution in [0.25, 0.3) is 0 Å². The zero-order valence-corrected chi connectivity index (χ0v) is 12.0. The van der Waals surface area contributed by atoms with Gasteiger partial charge in [-0.1, -0.05) is 0 Å². The highest BCUT2D eigenvalue weighted by Gasteiger charge is 2.21. The molecule has 0 saturated carbocycles. The van der Waals surface area contributed by atoms with Gasteiger partial charge in [0.2, 0.25) is 5.91 Å². The van der Waals surface area contributed by atoms with E-state index >= 15 is 0 Å². The number of hydrogen-bond acceptors (Lipinski definition) is 4. The van der Waals surface area contributed by atoms with Crippen LogP contribution in [0, 0.1) is 0 Å². The van der Waals surface area contributed by atoms with Gasteiger partial charge >= 0.3 is 0 Å². The summed E-state index contributed by atoms with van der Waals surface area (Å²) < 4.78 is 0. The third-order valence-corrected chi connectivity index (χ3v) is 2.76. The van der Waals surface area contributed by atoms with Crippen LogP contribution in [0.15, 0.2) is 10.9 Å². The third-order valence-electron chi connectivity index (χ3n) is 2.17. The summed E-state index contributed by atoms with van der Waals surface area (Å²) in [4.78, 5) is 29.3. The van der Waals surface area contributed by atoms with Gasteiger partial charge in [0.05, 0.1) is 12.1 Å². The van der Waals surface area contributed by atoms with Crippen LogP contribution in [0.5, 0.6) is 0 Å². The van der Waals surface area contributed by atoms with E-state index in [1.165, 1.54) is 16.2 Å². The Hall–Kier alpha value is -1.43. The first-order chi connectivity index (χ1) is 8.33. The third kappa shape index (κ3) is 4.44. The van der Waals surface area contributed by atoms with E-state index in [0.717, 1.165) is 0 Å². The summed E-state index contributed by atoms with van der Waals surface area (Å²) in [7, 11) is 0. The fraction of sp³-hybridized carbons (Fsp3) is 0.583. The Kier molecular flexibility index (Phi) is 4.84. The van der Waals surface area contributed by atoms with Crippen LogP contribution >= 0.6 is 11.3 Å². The first kappa shape index (κ1) is 14.6. The molecule has 1 aromatic rings. The van der Waals surface area contributed by atoms with E-state index in [9.17, 15) is 9.59 Å². The number of hydrogen-bond donors (Lipinski definition) is 1. The second-order valence-electron chi connectivity index (χ2n) is 4.99. The minimum atomic E-state index is -0.291. The topological polar surface area (TPSA) is 62.3 Å². The van der Waals surface area contributed by atoms with Crippen LogP contribution in [0.2, 0.25) is 0 Å². The molecule has 100 valence electrons. The van der Waals surface area contributed by atoms with Crippen molar-refractivity contribution in [2.24, 2.45) is 0 Å². The number of nitrogens with zero attached hydrogens (tertiary/aromatic N) is 2. The highest BCUT2D eigenvalue weighted by atomic mass is 32.1. The maximum Gasteiger partial charge on any atom is 0.273 e. The minimum absolute atomic E-state index is 0.0597. The predicted molar refractivity (Wildman–Crippen MR) is 71.6 cm³/mol. The van der Waals surface area contributed by atoms with E-state index in [4.69, 9.17) is 0 Å². The Balaban J connectivity index is 2.63. The van der Waals surface area contributed by atoms with Gasteiger partial charge in [-0.2, -0.15) is 0 Å². The van der Waals surface area contributed by atoms with E-state index in [0.29, 0.717) is 12.2 Å². The average molecular weight is 269 g/mol. The van der Waals surface area contributed by atoms with Crippen molar-refractivity contribution in [3.8, 4) is 0 Å². The normalized spacial score (nSPS) is 11.1. The maximum atomic E-state index is 12.0. The summed E-state index contributed by atoms with van der Waals surface area (Å²) in [6.45, 7) is 8.10. The number of likely N-dealkylation sites (N-methyl/N-ethyl adjacent to an activating group) is 1. The molecule has 0 saturated heterocycles. The lowest BCUT2D eigenvalue weighted by Crippen LogP contribution is -2.47. The van der Waals surface area contributed by atoms with Gasteiger partial charge in [0, 0.05) is 17.5 Å². The fourth-order valence-electron chi connectivity index (χ4n) is 1.44. The molecule has 2 amide bonds. The number of thiazole rings is 1. The predicted octanol–water partition coefficient (Wildman–Crippen LogP) is 1.52. The zero-order valence-electron chi connectivity index (χ0n) is 11.2. The van der Waals surface area contributed by atoms with Crippen LogP contribution in [0.3, 0.4) is 0 Å². The largest absolute Gasteiger partial charge is 0.350 e. The molecule has 18 heavy (non-hydrogen) atoms. The summed E-state index contributed by atoms with van der Waals surface area (Å²) in [5.74, 6) is -0.365. The van der Waals surface area contributed by atoms with Gasteiger partial charge in [-0.25, -0.2) is 4.98 Å². The van der Waals surface area contributed by atoms with Gasteiger partial charge in [-0.05, 0) is 27.7 Å². The van der Waals surface area contributed by atoms with Crippen molar-refractivity contribution >= 4 is 23.2 Å². The molecule has 0 fully saturated rings. The molecule has 0 aliphatic rings. The van der Waals surface area contributed by atoms with Gasteiger partial charge in [0.1, 0.15) is 5.69 Å². The van der Waals surface area contributed by atoms with Crippen LogP contribution in [-0.2, 0) is 4.79 Å². The first-order valence-electron chi connectivity index (χ1n) is 5.82. The second kappa shape index (κ2) is 5.95. The lowest BCUT2D eigenvalue weighted by Gasteiger charge is -2.24. The van der Waals surface area contributed by atoms with E-state index in [1.54, 1.807) is 10.9 Å². The quantitative estimate of drug-likeness (QED) is 0.901. The summed E-state index contributed by atoms with van der Waals surface area (Å²) in [6, 6.07) is 0. The fourth-order valence-corrected chi connectivity index (χ4v) is 1.96. The summed E-state index contributed by atoms with van der Waals surface area (Å²) in [5.41, 5.74) is 1.71. The highest BCUT2D eigenvalue weighted by molar-refractivity contribution is 7.07. The van der Waals surface area contributed by atoms with E-state index in [2.05, 4.69) is 10.3 Å². The van der Waals surface area contributed by atoms with Crippen molar-refractivity contribution in [2.75, 3.05) is 13.1 Å². The zero-order chi connectivity index (χ0) is 13.8. The van der Waals surface area contributed by atoms with Crippen LogP contribution < -0.4 is 5.32 Å². The molecule has 1 rings (SSSR count). The standard InChI is InChI=1S/C12H19N3O2S/c1-5-15(6-10(16)14-12(2,3)4)11(17)9-7-18-8-13-9/h7-8H,5-6H2,1-4H3,(H,14,16). The first-order valence-corrected chi connectivity index (χ1v) is 6.76. The number of nitrogens with one attached hydrogen (secondary N) is 1. The van der Waals surface area contributed by atoms with Crippen molar-refractivity contribution in [1.82, 2.24) is 15.2 Å². The molecule has 1 heterocycles. The molecule has 0 atom stereocenters. The molecule has 0 aliphatic carbocycles. The Morgan fingerprint density at radius 3 is 2.56 bits per heavy atom. The van der Waals surface area contributed by atoms with Crippen molar-refractivity contribution in [1.29, 1.82) is 0 Å². The van der Waals surface area contributed by atoms with Crippen molar-refractivity contribution < 1.29 is 9.59 Å². The maximum absolute atomic E-state index is 12.0. The molecule has 0 spiro atoms. The van der Waals surface area contributed by atoms with Gasteiger partial charge in [-0.15, -0.1) is 11.3 Å². The molecule has 0 aliphatic heterocycles. The second-order valence-corrected chi connectivity index (χ2v) is 5.71. The lowest BCUT2D eigenvalue weighted by molar-refractivity contribution is -0.123. The number of amides is 2. The van der Waals surface area contributed by atoms with Gasteiger partial charge in [0.25, 0.3) is 5.91 Å². The Morgan fingerprint density at radius 2 is 2.11 bits per heavy atom. The smallest absolute Gasteiger partial charge is 0.273 e. The Labute approximate surface area is 111 Å². The van der Waals surface area contributed by atoms with E-state index < -0.39 is 0 Å². The van der Waals surface area contributed by atoms with Crippen LogP contribution in [-0.4, -0.2) is 40.3 Å². The molecule has 0 radical (unpaired) electrons. The Bertz CT molecular complexity index is 409. The average Bonchev–Trinajstić information content (AvgIpc) is 2.75. The summed E-state index contributed by atoms with van der Waals surface area (Å²) >= 11 is 1.37. The monoisotopic (exact) mass is 269 g/mol. The molecule has 0 bridgehead atoms. The molecule has 1 aromatic heterocycles. The molecule has 5 nitrogen and oxygen atoms in total. The molecule has 1 N–H and O–H groups in total. The molecule has 6 heteroatoms. The molecule has 0 unspecified atom stereocenters. The van der Waals surface area contributed by atoms with E-state index in [-0.39, 0.29) is 23.9 Å². The SMILES string of the molecule is CCN(CC(=O)NC(C)(C)C)C(=O)c1cscn1. The minimum Gasteiger partial charge on any atom is -0.350 e. The number of carbonyl (C=O) groups is 2. The summed E-state index contributed by atoms with van der Waals surface area (Å²) in [6.07, 6.45) is 0. The van der Waals surface area contributed by atoms with Crippen molar-refractivity contribution in [3.05, 3.63) is 16.6 Å². The van der Waals surface area contributed by atoms with Crippen LogP contribution in [0.1, 0.15) is 38.2 Å². The van der Waals surface area contributed by atoms with Gasteiger partial charge in [-0.3, -0.25) is 9.59 Å². The molecule has 0 aromatic carbocycles. The molecular formula is C12H19N3O2S. The number of carbonyl (C=O) groups excluding carboxylic acids is 2. The number of rotatable bonds is 4. The van der Waals surface area contributed by atoms with Gasteiger partial charge < -0.3 is 10.2 Å². The highest BCUT2D eigenvalue weighted by Crippen LogP contribution is 2.06. The van der Waals surface area contributed by atoms with E-state index in [1.807, 2.05) is 27.7 Å². The Morgan fingerprint density at radius 1 is 1.44 bits per heavy atom. The summed E-state index contributed by atoms with van der Waals surface area (Å²) in [5, 5.41) is 4.52.